The minimum absolute atomic E-state index is 0.0719. The Hall–Kier alpha value is -0.690. The number of hydrogen-bond donors (Lipinski definition) is 3. The summed E-state index contributed by atoms with van der Waals surface area (Å²) in [6, 6.07) is 1.19. The molecule has 28 heavy (non-hydrogen) atoms. The van der Waals surface area contributed by atoms with Crippen LogP contribution in [0, 0.1) is 17.8 Å². The summed E-state index contributed by atoms with van der Waals surface area (Å²) in [5.41, 5.74) is 3.80. The smallest absolute Gasteiger partial charge is 0.237 e. The lowest BCUT2D eigenvalue weighted by Crippen LogP contribution is -2.43. The van der Waals surface area contributed by atoms with Crippen molar-refractivity contribution < 1.29 is 9.53 Å². The summed E-state index contributed by atoms with van der Waals surface area (Å²) in [4.78, 5) is 12.5. The quantitative estimate of drug-likeness (QED) is 0.589. The minimum Gasteiger partial charge on any atom is -0.374 e. The predicted octanol–water partition coefficient (Wildman–Crippen LogP) is 1.81. The zero-order valence-electron chi connectivity index (χ0n) is 17.4. The Morgan fingerprint density at radius 3 is 2.82 bits per heavy atom. The summed E-state index contributed by atoms with van der Waals surface area (Å²) in [5, 5.41) is 8.97. The molecule has 3 aliphatic heterocycles. The van der Waals surface area contributed by atoms with Gasteiger partial charge in [-0.25, -0.2) is 5.01 Å². The normalized spacial score (nSPS) is 47.7. The average molecular weight is 391 g/mol. The maximum atomic E-state index is 12.5. The monoisotopic (exact) mass is 390 g/mol. The minimum atomic E-state index is -0.0719. The summed E-state index contributed by atoms with van der Waals surface area (Å²) in [6.07, 6.45) is 12.9. The van der Waals surface area contributed by atoms with Crippen molar-refractivity contribution in [3.63, 3.8) is 0 Å². The molecule has 158 valence electrons. The Morgan fingerprint density at radius 1 is 1.00 bits per heavy atom. The van der Waals surface area contributed by atoms with Crippen molar-refractivity contribution in [3.05, 3.63) is 0 Å². The van der Waals surface area contributed by atoms with Crippen LogP contribution >= 0.6 is 0 Å². The highest BCUT2D eigenvalue weighted by molar-refractivity contribution is 5.82. The van der Waals surface area contributed by atoms with Crippen molar-refractivity contribution in [1.29, 1.82) is 0 Å². The molecule has 2 saturated carbocycles. The number of carbonyl (C=O) groups is 1. The van der Waals surface area contributed by atoms with Gasteiger partial charge in [-0.05, 0) is 69.1 Å². The average Bonchev–Trinajstić information content (AvgIpc) is 3.28. The third kappa shape index (κ3) is 3.73. The van der Waals surface area contributed by atoms with Crippen LogP contribution in [0.3, 0.4) is 0 Å². The van der Waals surface area contributed by atoms with Gasteiger partial charge < -0.3 is 15.4 Å². The Bertz CT molecular complexity index is 573. The van der Waals surface area contributed by atoms with Crippen molar-refractivity contribution in [2.75, 3.05) is 20.1 Å². The van der Waals surface area contributed by atoms with Crippen molar-refractivity contribution in [2.24, 2.45) is 17.8 Å². The molecule has 6 heteroatoms. The summed E-state index contributed by atoms with van der Waals surface area (Å²) >= 11 is 0. The number of carbonyl (C=O) groups excluding carboxylic acids is 1. The molecule has 6 nitrogen and oxygen atoms in total. The van der Waals surface area contributed by atoms with Gasteiger partial charge in [0.05, 0.1) is 18.2 Å². The number of hydrazine groups is 1. The van der Waals surface area contributed by atoms with Gasteiger partial charge in [0.2, 0.25) is 5.91 Å². The van der Waals surface area contributed by atoms with Crippen LogP contribution in [0.15, 0.2) is 0 Å². The third-order valence-corrected chi connectivity index (χ3v) is 8.36. The molecule has 3 saturated heterocycles. The lowest BCUT2D eigenvalue weighted by molar-refractivity contribution is -0.123. The summed E-state index contributed by atoms with van der Waals surface area (Å²) in [6.45, 7) is 1.62. The number of rotatable bonds is 0. The molecular weight excluding hydrogens is 352 g/mol. The molecule has 0 radical (unpaired) electrons. The van der Waals surface area contributed by atoms with Gasteiger partial charge in [0.25, 0.3) is 0 Å². The molecule has 5 rings (SSSR count). The van der Waals surface area contributed by atoms with Gasteiger partial charge in [-0.3, -0.25) is 10.2 Å². The van der Waals surface area contributed by atoms with Crippen molar-refractivity contribution in [2.45, 2.75) is 94.5 Å². The molecule has 3 heterocycles. The van der Waals surface area contributed by atoms with Crippen LogP contribution in [0.2, 0.25) is 0 Å². The van der Waals surface area contributed by atoms with E-state index < -0.39 is 0 Å². The van der Waals surface area contributed by atoms with E-state index in [1.54, 1.807) is 0 Å². The highest BCUT2D eigenvalue weighted by Crippen LogP contribution is 2.47. The lowest BCUT2D eigenvalue weighted by Gasteiger charge is -2.43. The first kappa shape index (κ1) is 19.3. The van der Waals surface area contributed by atoms with Crippen molar-refractivity contribution in [3.8, 4) is 0 Å². The van der Waals surface area contributed by atoms with E-state index in [0.717, 1.165) is 43.7 Å². The van der Waals surface area contributed by atoms with Crippen LogP contribution in [0.1, 0.15) is 64.2 Å². The maximum absolute atomic E-state index is 12.5. The number of nitrogens with one attached hydrogen (secondary N) is 3. The number of ether oxygens (including phenoxy) is 1. The van der Waals surface area contributed by atoms with Gasteiger partial charge in [0.15, 0.2) is 0 Å². The maximum Gasteiger partial charge on any atom is 0.237 e. The molecule has 5 fully saturated rings. The second-order valence-electron chi connectivity index (χ2n) is 10.0. The topological polar surface area (TPSA) is 65.6 Å². The molecule has 0 aromatic rings. The van der Waals surface area contributed by atoms with Crippen LogP contribution in [-0.4, -0.2) is 61.4 Å². The largest absolute Gasteiger partial charge is 0.374 e. The van der Waals surface area contributed by atoms with E-state index in [1.165, 1.54) is 51.4 Å². The van der Waals surface area contributed by atoms with Crippen molar-refractivity contribution >= 4 is 5.91 Å². The molecule has 4 bridgehead atoms. The number of amides is 1. The molecule has 2 aliphatic carbocycles. The second-order valence-corrected chi connectivity index (χ2v) is 10.0. The molecule has 0 aromatic carbocycles. The van der Waals surface area contributed by atoms with Crippen LogP contribution in [0.25, 0.3) is 0 Å². The second kappa shape index (κ2) is 8.21. The van der Waals surface area contributed by atoms with E-state index in [1.807, 2.05) is 0 Å². The van der Waals surface area contributed by atoms with E-state index in [9.17, 15) is 4.79 Å². The molecule has 0 spiro atoms. The van der Waals surface area contributed by atoms with Crippen LogP contribution in [0.4, 0.5) is 0 Å². The SMILES string of the molecule is CN1NC2CCCC3C4CCCC(C4)O[C@@H]4CN[C@@H](C4)C(=O)NCCCC1C23. The van der Waals surface area contributed by atoms with E-state index in [2.05, 4.69) is 28.1 Å². The van der Waals surface area contributed by atoms with Crippen LogP contribution < -0.4 is 16.1 Å². The van der Waals surface area contributed by atoms with Gasteiger partial charge in [0, 0.05) is 32.2 Å². The van der Waals surface area contributed by atoms with E-state index in [4.69, 9.17) is 4.74 Å². The van der Waals surface area contributed by atoms with Crippen LogP contribution in [-0.2, 0) is 9.53 Å². The van der Waals surface area contributed by atoms with Crippen LogP contribution in [0.5, 0.6) is 0 Å². The molecule has 0 aromatic heterocycles. The zero-order valence-corrected chi connectivity index (χ0v) is 17.4. The van der Waals surface area contributed by atoms with E-state index in [-0.39, 0.29) is 18.1 Å². The van der Waals surface area contributed by atoms with Crippen molar-refractivity contribution in [1.82, 2.24) is 21.1 Å². The number of nitrogens with zero attached hydrogens (tertiary/aromatic N) is 1. The molecule has 6 unspecified atom stereocenters. The first-order valence-corrected chi connectivity index (χ1v) is 11.8. The lowest BCUT2D eigenvalue weighted by atomic mass is 9.64. The summed E-state index contributed by atoms with van der Waals surface area (Å²) < 4.78 is 6.54. The van der Waals surface area contributed by atoms with Gasteiger partial charge in [-0.2, -0.15) is 0 Å². The zero-order chi connectivity index (χ0) is 19.1. The molecule has 3 N–H and O–H groups in total. The molecular formula is C22H38N4O2. The van der Waals surface area contributed by atoms with E-state index >= 15 is 0 Å². The van der Waals surface area contributed by atoms with Gasteiger partial charge >= 0.3 is 0 Å². The fourth-order valence-electron chi connectivity index (χ4n) is 7.13. The Labute approximate surface area is 169 Å². The number of hydrogen-bond acceptors (Lipinski definition) is 5. The molecule has 1 amide bonds. The first-order valence-electron chi connectivity index (χ1n) is 11.8. The summed E-state index contributed by atoms with van der Waals surface area (Å²) in [7, 11) is 2.24. The molecule has 8 atom stereocenters. The Morgan fingerprint density at radius 2 is 1.89 bits per heavy atom. The Balaban J connectivity index is 1.37. The van der Waals surface area contributed by atoms with E-state index in [0.29, 0.717) is 18.2 Å². The third-order valence-electron chi connectivity index (χ3n) is 8.36. The highest BCUT2D eigenvalue weighted by atomic mass is 16.5. The Kier molecular flexibility index (Phi) is 5.65. The number of fused-ring (bicyclic) bond motifs is 5. The van der Waals surface area contributed by atoms with Gasteiger partial charge in [-0.1, -0.05) is 12.8 Å². The van der Waals surface area contributed by atoms with Gasteiger partial charge in [-0.15, -0.1) is 0 Å². The standard InChI is InChI=1S/C22H38N4O2/c1-26-20-9-4-10-23-22(27)19-12-16(13-24-19)28-15-6-2-5-14(11-15)17-7-3-8-18(25-26)21(17)20/h14-21,24-25H,2-13H2,1H3,(H,23,27)/t14?,15?,16-,17?,18?,19-,20?,21?/m0/s1. The predicted molar refractivity (Wildman–Crippen MR) is 109 cm³/mol. The first-order chi connectivity index (χ1) is 13.7. The fraction of sp³-hybridized carbons (Fsp3) is 0.955. The summed E-state index contributed by atoms with van der Waals surface area (Å²) in [5.74, 6) is 2.58. The molecule has 5 aliphatic rings. The fourth-order valence-corrected chi connectivity index (χ4v) is 7.13. The van der Waals surface area contributed by atoms with Gasteiger partial charge in [0.1, 0.15) is 0 Å². The highest BCUT2D eigenvalue weighted by Gasteiger charge is 2.48.